The lowest BCUT2D eigenvalue weighted by molar-refractivity contribution is -0.133. The Kier molecular flexibility index (Phi) is 6.21. The molecule has 8 heteroatoms. The molecule has 0 bridgehead atoms. The molecule has 0 saturated carbocycles. The van der Waals surface area contributed by atoms with Crippen LogP contribution in [0.3, 0.4) is 0 Å². The van der Waals surface area contributed by atoms with Crippen molar-refractivity contribution in [3.8, 4) is 11.3 Å². The van der Waals surface area contributed by atoms with Gasteiger partial charge in [0, 0.05) is 36.8 Å². The molecule has 0 aliphatic carbocycles. The number of nitrogens with one attached hydrogen (secondary N) is 1. The quantitative estimate of drug-likeness (QED) is 0.549. The van der Waals surface area contributed by atoms with Crippen molar-refractivity contribution >= 4 is 17.4 Å². The normalized spacial score (nSPS) is 14.2. The van der Waals surface area contributed by atoms with Gasteiger partial charge in [-0.15, -0.1) is 0 Å². The second-order valence-corrected chi connectivity index (χ2v) is 8.17. The molecule has 1 aromatic heterocycles. The van der Waals surface area contributed by atoms with Gasteiger partial charge >= 0.3 is 0 Å². The van der Waals surface area contributed by atoms with Gasteiger partial charge in [0.15, 0.2) is 11.6 Å². The fourth-order valence-corrected chi connectivity index (χ4v) is 3.76. The minimum absolute atomic E-state index is 0.0899. The molecule has 1 atom stereocenters. The maximum atomic E-state index is 13.8. The van der Waals surface area contributed by atoms with Gasteiger partial charge < -0.3 is 14.8 Å². The number of hydrogen-bond donors (Lipinski definition) is 1. The van der Waals surface area contributed by atoms with Gasteiger partial charge in [-0.2, -0.15) is 0 Å². The van der Waals surface area contributed by atoms with E-state index in [1.165, 1.54) is 18.2 Å². The molecule has 1 aliphatic heterocycles. The third kappa shape index (κ3) is 4.49. The number of imidazole rings is 1. The number of hydrogen-bond acceptors (Lipinski definition) is 3. The SMILES string of the molecule is CCC(C)CC(=O)N1CCn2c(nc(-c3ccc(F)cc3)c2Nc2ccc(F)c(F)c2)C1. The first-order valence-electron chi connectivity index (χ1n) is 10.7. The number of benzene rings is 2. The van der Waals surface area contributed by atoms with E-state index in [0.717, 1.165) is 18.6 Å². The molecule has 1 aliphatic rings. The summed E-state index contributed by atoms with van der Waals surface area (Å²) in [6.45, 7) is 5.49. The van der Waals surface area contributed by atoms with Crippen LogP contribution in [-0.4, -0.2) is 26.9 Å². The first-order chi connectivity index (χ1) is 15.4. The average molecular weight is 442 g/mol. The molecule has 0 radical (unpaired) electrons. The van der Waals surface area contributed by atoms with E-state index in [0.29, 0.717) is 60.6 Å². The zero-order valence-electron chi connectivity index (χ0n) is 18.0. The Morgan fingerprint density at radius 3 is 2.53 bits per heavy atom. The van der Waals surface area contributed by atoms with Crippen LogP contribution in [0, 0.1) is 23.4 Å². The van der Waals surface area contributed by atoms with Crippen LogP contribution in [0.1, 0.15) is 32.5 Å². The summed E-state index contributed by atoms with van der Waals surface area (Å²) in [5, 5.41) is 3.14. The molecule has 2 aromatic carbocycles. The van der Waals surface area contributed by atoms with Gasteiger partial charge in [0.25, 0.3) is 0 Å². The number of carbonyl (C=O) groups excluding carboxylic acids is 1. The molecule has 1 N–H and O–H groups in total. The van der Waals surface area contributed by atoms with E-state index in [2.05, 4.69) is 19.2 Å². The molecule has 1 unspecified atom stereocenters. The number of anilines is 2. The number of halogens is 3. The fourth-order valence-electron chi connectivity index (χ4n) is 3.76. The zero-order valence-corrected chi connectivity index (χ0v) is 18.0. The van der Waals surface area contributed by atoms with Gasteiger partial charge in [0.05, 0.1) is 6.54 Å². The van der Waals surface area contributed by atoms with Crippen molar-refractivity contribution in [3.63, 3.8) is 0 Å². The zero-order chi connectivity index (χ0) is 22.8. The predicted octanol–water partition coefficient (Wildman–Crippen LogP) is 5.49. The number of fused-ring (bicyclic) bond motifs is 1. The number of nitrogens with zero attached hydrogens (tertiary/aromatic N) is 3. The molecule has 0 fully saturated rings. The standard InChI is InChI=1S/C24H25F3N4O/c1-3-15(2)12-22(32)30-10-11-31-21(14-30)29-23(16-4-6-17(25)7-5-16)24(31)28-18-8-9-19(26)20(27)13-18/h4-9,13,15,28H,3,10-12,14H2,1-2H3. The van der Waals surface area contributed by atoms with Crippen LogP contribution in [0.4, 0.5) is 24.7 Å². The highest BCUT2D eigenvalue weighted by molar-refractivity contribution is 5.78. The molecule has 0 saturated heterocycles. The largest absolute Gasteiger partial charge is 0.340 e. The highest BCUT2D eigenvalue weighted by Crippen LogP contribution is 2.34. The van der Waals surface area contributed by atoms with Gasteiger partial charge in [0.2, 0.25) is 5.91 Å². The topological polar surface area (TPSA) is 50.2 Å². The van der Waals surface area contributed by atoms with Crippen molar-refractivity contribution in [3.05, 3.63) is 65.7 Å². The van der Waals surface area contributed by atoms with E-state index in [1.807, 2.05) is 4.57 Å². The molecular formula is C24H25F3N4O. The van der Waals surface area contributed by atoms with Crippen LogP contribution in [0.2, 0.25) is 0 Å². The number of rotatable bonds is 6. The van der Waals surface area contributed by atoms with Crippen LogP contribution in [0.15, 0.2) is 42.5 Å². The Hall–Kier alpha value is -3.29. The highest BCUT2D eigenvalue weighted by atomic mass is 19.2. The van der Waals surface area contributed by atoms with E-state index in [9.17, 15) is 18.0 Å². The molecule has 4 rings (SSSR count). The maximum absolute atomic E-state index is 13.8. The summed E-state index contributed by atoms with van der Waals surface area (Å²) >= 11 is 0. The van der Waals surface area contributed by atoms with Crippen LogP contribution < -0.4 is 5.32 Å². The maximum Gasteiger partial charge on any atom is 0.223 e. The number of carbonyl (C=O) groups is 1. The summed E-state index contributed by atoms with van der Waals surface area (Å²) in [4.78, 5) is 19.2. The van der Waals surface area contributed by atoms with Gasteiger partial charge in [-0.05, 0) is 42.3 Å². The summed E-state index contributed by atoms with van der Waals surface area (Å²) < 4.78 is 42.5. The summed E-state index contributed by atoms with van der Waals surface area (Å²) in [7, 11) is 0. The lowest BCUT2D eigenvalue weighted by atomic mass is 10.0. The summed E-state index contributed by atoms with van der Waals surface area (Å²) in [6.07, 6.45) is 1.42. The minimum atomic E-state index is -0.960. The van der Waals surface area contributed by atoms with Crippen molar-refractivity contribution in [2.45, 2.75) is 39.8 Å². The molecule has 3 aromatic rings. The Morgan fingerprint density at radius 2 is 1.84 bits per heavy atom. The Labute approximate surface area is 184 Å². The Bertz CT molecular complexity index is 1130. The molecule has 0 spiro atoms. The summed E-state index contributed by atoms with van der Waals surface area (Å²) in [6, 6.07) is 9.50. The van der Waals surface area contributed by atoms with Crippen LogP contribution >= 0.6 is 0 Å². The second kappa shape index (κ2) is 9.06. The Morgan fingerprint density at radius 1 is 1.09 bits per heavy atom. The van der Waals surface area contributed by atoms with E-state index in [1.54, 1.807) is 17.0 Å². The molecule has 2 heterocycles. The minimum Gasteiger partial charge on any atom is -0.340 e. The predicted molar refractivity (Wildman–Crippen MR) is 117 cm³/mol. The third-order valence-corrected chi connectivity index (χ3v) is 5.85. The third-order valence-electron chi connectivity index (χ3n) is 5.85. The first kappa shape index (κ1) is 21.9. The van der Waals surface area contributed by atoms with Crippen LogP contribution in [-0.2, 0) is 17.9 Å². The molecule has 5 nitrogen and oxygen atoms in total. The molecule has 32 heavy (non-hydrogen) atoms. The van der Waals surface area contributed by atoms with Gasteiger partial charge in [-0.1, -0.05) is 20.3 Å². The number of aromatic nitrogens is 2. The van der Waals surface area contributed by atoms with Crippen LogP contribution in [0.5, 0.6) is 0 Å². The van der Waals surface area contributed by atoms with Crippen molar-refractivity contribution in [2.24, 2.45) is 5.92 Å². The lowest BCUT2D eigenvalue weighted by Gasteiger charge is -2.29. The van der Waals surface area contributed by atoms with Gasteiger partial charge in [-0.3, -0.25) is 4.79 Å². The molecule has 168 valence electrons. The van der Waals surface area contributed by atoms with E-state index in [4.69, 9.17) is 4.98 Å². The van der Waals surface area contributed by atoms with Crippen molar-refractivity contribution in [1.82, 2.24) is 14.5 Å². The monoisotopic (exact) mass is 442 g/mol. The molecule has 1 amide bonds. The van der Waals surface area contributed by atoms with E-state index < -0.39 is 11.6 Å². The summed E-state index contributed by atoms with van der Waals surface area (Å²) in [5.41, 5.74) is 1.60. The lowest BCUT2D eigenvalue weighted by Crippen LogP contribution is -2.39. The smallest absolute Gasteiger partial charge is 0.223 e. The Balaban J connectivity index is 1.69. The second-order valence-electron chi connectivity index (χ2n) is 8.17. The van der Waals surface area contributed by atoms with Gasteiger partial charge in [-0.25, -0.2) is 18.2 Å². The number of amides is 1. The van der Waals surface area contributed by atoms with Crippen molar-refractivity contribution < 1.29 is 18.0 Å². The highest BCUT2D eigenvalue weighted by Gasteiger charge is 2.27. The van der Waals surface area contributed by atoms with E-state index in [-0.39, 0.29) is 11.7 Å². The van der Waals surface area contributed by atoms with Crippen molar-refractivity contribution in [1.29, 1.82) is 0 Å². The summed E-state index contributed by atoms with van der Waals surface area (Å²) in [5.74, 6) is -0.588. The van der Waals surface area contributed by atoms with E-state index >= 15 is 0 Å². The average Bonchev–Trinajstić information content (AvgIpc) is 3.14. The fraction of sp³-hybridized carbons (Fsp3) is 0.333. The molecular weight excluding hydrogens is 417 g/mol. The van der Waals surface area contributed by atoms with Crippen LogP contribution in [0.25, 0.3) is 11.3 Å². The van der Waals surface area contributed by atoms with Crippen molar-refractivity contribution in [2.75, 3.05) is 11.9 Å². The van der Waals surface area contributed by atoms with Gasteiger partial charge in [0.1, 0.15) is 23.2 Å². The first-order valence-corrected chi connectivity index (χ1v) is 10.7.